The van der Waals surface area contributed by atoms with E-state index >= 15 is 0 Å². The van der Waals surface area contributed by atoms with Gasteiger partial charge in [0.25, 0.3) is 6.47 Å². The van der Waals surface area contributed by atoms with E-state index < -0.39 is 0 Å². The monoisotopic (exact) mass is 358 g/mol. The molecule has 1 aromatic heterocycles. The van der Waals surface area contributed by atoms with E-state index in [0.717, 1.165) is 45.4 Å². The molecule has 140 valence electrons. The molecule has 1 saturated heterocycles. The number of hydrogen-bond donors (Lipinski definition) is 1. The highest BCUT2D eigenvalue weighted by Crippen LogP contribution is 2.19. The molecule has 0 bridgehead atoms. The van der Waals surface area contributed by atoms with Gasteiger partial charge in [0.15, 0.2) is 0 Å². The van der Waals surface area contributed by atoms with Crippen LogP contribution in [-0.2, 0) is 22.6 Å². The van der Waals surface area contributed by atoms with Crippen molar-refractivity contribution in [3.05, 3.63) is 48.5 Å². The second-order valence-corrected chi connectivity index (χ2v) is 6.40. The topological polar surface area (TPSA) is 88.3 Å². The number of benzene rings is 1. The Morgan fingerprint density at radius 3 is 2.58 bits per heavy atom. The van der Waals surface area contributed by atoms with Gasteiger partial charge in [0.1, 0.15) is 18.4 Å². The van der Waals surface area contributed by atoms with Crippen LogP contribution in [0.3, 0.4) is 0 Å². The number of rotatable bonds is 7. The van der Waals surface area contributed by atoms with Crippen molar-refractivity contribution in [3.63, 3.8) is 0 Å². The molecule has 0 saturated carbocycles. The van der Waals surface area contributed by atoms with Crippen LogP contribution < -0.4 is 0 Å². The zero-order valence-corrected chi connectivity index (χ0v) is 14.9. The molecule has 0 aliphatic carbocycles. The van der Waals surface area contributed by atoms with Gasteiger partial charge in [-0.05, 0) is 31.4 Å². The van der Waals surface area contributed by atoms with Crippen LogP contribution in [0, 0.1) is 5.92 Å². The molecule has 7 nitrogen and oxygen atoms in total. The number of likely N-dealkylation sites (tertiary alicyclic amines) is 1. The van der Waals surface area contributed by atoms with Gasteiger partial charge in [-0.1, -0.05) is 30.3 Å². The molecule has 0 amide bonds. The number of piperidine rings is 1. The van der Waals surface area contributed by atoms with Crippen molar-refractivity contribution < 1.29 is 14.7 Å². The van der Waals surface area contributed by atoms with Gasteiger partial charge >= 0.3 is 0 Å². The van der Waals surface area contributed by atoms with E-state index in [2.05, 4.69) is 27.2 Å². The van der Waals surface area contributed by atoms with Gasteiger partial charge in [0.05, 0.1) is 0 Å². The average Bonchev–Trinajstić information content (AvgIpc) is 3.20. The van der Waals surface area contributed by atoms with Gasteiger partial charge in [0.2, 0.25) is 0 Å². The fourth-order valence-electron chi connectivity index (χ4n) is 3.23. The van der Waals surface area contributed by atoms with E-state index in [1.54, 1.807) is 12.7 Å². The molecule has 1 aliphatic heterocycles. The number of carbonyl (C=O) groups excluding carboxylic acids is 1. The van der Waals surface area contributed by atoms with Crippen molar-refractivity contribution in [2.75, 3.05) is 19.6 Å². The Morgan fingerprint density at radius 2 is 1.88 bits per heavy atom. The van der Waals surface area contributed by atoms with E-state index in [9.17, 15) is 4.79 Å². The zero-order chi connectivity index (χ0) is 18.6. The zero-order valence-electron chi connectivity index (χ0n) is 14.9. The SMILES string of the molecule is O=C(CCc1ccccc1)C1CCCN(CCn2cnnc2)C1.O=CO. The van der Waals surface area contributed by atoms with Crippen molar-refractivity contribution in [3.8, 4) is 0 Å². The molecule has 0 spiro atoms. The fourth-order valence-corrected chi connectivity index (χ4v) is 3.23. The molecule has 0 radical (unpaired) electrons. The predicted molar refractivity (Wildman–Crippen MR) is 97.6 cm³/mol. The summed E-state index contributed by atoms with van der Waals surface area (Å²) in [6.07, 6.45) is 7.16. The Balaban J connectivity index is 0.000000758. The standard InChI is InChI=1S/C18H24N4O.CH2O2/c23-18(9-8-16-5-2-1-3-6-16)17-7-4-10-21(13-17)11-12-22-14-19-20-15-22;2-1-3/h1-3,5-6,14-15,17H,4,7-13H2;1H,(H,2,3). The minimum Gasteiger partial charge on any atom is -0.483 e. The molecule has 1 aliphatic rings. The highest BCUT2D eigenvalue weighted by molar-refractivity contribution is 5.81. The van der Waals surface area contributed by atoms with Crippen molar-refractivity contribution in [2.45, 2.75) is 32.2 Å². The Morgan fingerprint density at radius 1 is 1.19 bits per heavy atom. The van der Waals surface area contributed by atoms with Crippen LogP contribution >= 0.6 is 0 Å². The summed E-state index contributed by atoms with van der Waals surface area (Å²) >= 11 is 0. The molecule has 7 heteroatoms. The summed E-state index contributed by atoms with van der Waals surface area (Å²) in [6, 6.07) is 10.3. The maximum absolute atomic E-state index is 12.5. The van der Waals surface area contributed by atoms with Crippen LogP contribution in [0.5, 0.6) is 0 Å². The molecule has 1 atom stereocenters. The summed E-state index contributed by atoms with van der Waals surface area (Å²) < 4.78 is 1.99. The normalized spacial score (nSPS) is 17.2. The van der Waals surface area contributed by atoms with Crippen LogP contribution in [0.25, 0.3) is 0 Å². The Hall–Kier alpha value is -2.54. The molecular formula is C19H26N4O3. The van der Waals surface area contributed by atoms with Crippen molar-refractivity contribution >= 4 is 12.3 Å². The van der Waals surface area contributed by atoms with Crippen molar-refractivity contribution in [1.82, 2.24) is 19.7 Å². The number of Topliss-reactive ketones (excluding diaryl/α,β-unsaturated/α-hetero) is 1. The molecular weight excluding hydrogens is 332 g/mol. The van der Waals surface area contributed by atoms with Crippen LogP contribution in [0.1, 0.15) is 24.8 Å². The second-order valence-electron chi connectivity index (χ2n) is 6.40. The molecule has 1 fully saturated rings. The quantitative estimate of drug-likeness (QED) is 0.761. The predicted octanol–water partition coefficient (Wildman–Crippen LogP) is 1.89. The minimum absolute atomic E-state index is 0.202. The van der Waals surface area contributed by atoms with Crippen LogP contribution in [0.4, 0.5) is 0 Å². The van der Waals surface area contributed by atoms with E-state index in [1.807, 2.05) is 22.8 Å². The molecule has 1 aromatic carbocycles. The van der Waals surface area contributed by atoms with Gasteiger partial charge in [-0.3, -0.25) is 9.59 Å². The Bertz CT molecular complexity index is 646. The van der Waals surface area contributed by atoms with E-state index in [1.165, 1.54) is 5.56 Å². The average molecular weight is 358 g/mol. The lowest BCUT2D eigenvalue weighted by Crippen LogP contribution is -2.40. The molecule has 2 aromatic rings. The summed E-state index contributed by atoms with van der Waals surface area (Å²) in [5, 5.41) is 14.5. The highest BCUT2D eigenvalue weighted by Gasteiger charge is 2.25. The summed E-state index contributed by atoms with van der Waals surface area (Å²) in [6.45, 7) is 3.58. The third kappa shape index (κ3) is 6.76. The van der Waals surface area contributed by atoms with E-state index in [-0.39, 0.29) is 12.4 Å². The maximum Gasteiger partial charge on any atom is 0.290 e. The first-order valence-corrected chi connectivity index (χ1v) is 8.92. The van der Waals surface area contributed by atoms with Crippen molar-refractivity contribution in [1.29, 1.82) is 0 Å². The smallest absolute Gasteiger partial charge is 0.290 e. The highest BCUT2D eigenvalue weighted by atomic mass is 16.3. The number of hydrogen-bond acceptors (Lipinski definition) is 5. The molecule has 1 N–H and O–H groups in total. The Labute approximate surface area is 153 Å². The van der Waals surface area contributed by atoms with Crippen LogP contribution in [0.2, 0.25) is 0 Å². The van der Waals surface area contributed by atoms with Gasteiger partial charge in [-0.2, -0.15) is 0 Å². The summed E-state index contributed by atoms with van der Waals surface area (Å²) in [7, 11) is 0. The third-order valence-corrected chi connectivity index (χ3v) is 4.60. The number of nitrogens with zero attached hydrogens (tertiary/aromatic N) is 4. The van der Waals surface area contributed by atoms with Gasteiger partial charge < -0.3 is 14.6 Å². The first-order valence-electron chi connectivity index (χ1n) is 8.92. The lowest BCUT2D eigenvalue weighted by molar-refractivity contribution is -0.124. The lowest BCUT2D eigenvalue weighted by Gasteiger charge is -2.32. The largest absolute Gasteiger partial charge is 0.483 e. The summed E-state index contributed by atoms with van der Waals surface area (Å²) in [4.78, 5) is 23.3. The number of aromatic nitrogens is 3. The van der Waals surface area contributed by atoms with Crippen LogP contribution in [0.15, 0.2) is 43.0 Å². The van der Waals surface area contributed by atoms with E-state index in [0.29, 0.717) is 12.2 Å². The number of carbonyl (C=O) groups is 2. The summed E-state index contributed by atoms with van der Waals surface area (Å²) in [5.41, 5.74) is 1.25. The first-order chi connectivity index (χ1) is 12.7. The lowest BCUT2D eigenvalue weighted by atomic mass is 9.90. The first kappa shape index (κ1) is 19.8. The maximum atomic E-state index is 12.5. The summed E-state index contributed by atoms with van der Waals surface area (Å²) in [5.74, 6) is 0.622. The number of aryl methyl sites for hydroxylation is 1. The Kier molecular flexibility index (Phi) is 8.48. The fraction of sp³-hybridized carbons (Fsp3) is 0.474. The van der Waals surface area contributed by atoms with Crippen molar-refractivity contribution in [2.24, 2.45) is 5.92 Å². The molecule has 1 unspecified atom stereocenters. The molecule has 26 heavy (non-hydrogen) atoms. The van der Waals surface area contributed by atoms with Gasteiger partial charge in [-0.15, -0.1) is 10.2 Å². The molecule has 3 rings (SSSR count). The number of carboxylic acid groups (broad SMARTS) is 1. The second kappa shape index (κ2) is 11.1. The minimum atomic E-state index is -0.250. The number of ketones is 1. The van der Waals surface area contributed by atoms with Crippen LogP contribution in [-0.4, -0.2) is 56.7 Å². The van der Waals surface area contributed by atoms with E-state index in [4.69, 9.17) is 9.90 Å². The third-order valence-electron chi connectivity index (χ3n) is 4.60. The van der Waals surface area contributed by atoms with Gasteiger partial charge in [0, 0.05) is 32.0 Å². The molecule has 2 heterocycles. The van der Waals surface area contributed by atoms with Gasteiger partial charge in [-0.25, -0.2) is 0 Å².